The Labute approximate surface area is 977 Å². The number of benzene rings is 15. The molecule has 15 aromatic carbocycles. The van der Waals surface area contributed by atoms with Crippen LogP contribution in [0.15, 0.2) is 251 Å². The normalized spacial score (nSPS) is 15.2. The van der Waals surface area contributed by atoms with E-state index in [4.69, 9.17) is 93.8 Å². The van der Waals surface area contributed by atoms with Gasteiger partial charge < -0.3 is 98.0 Å². The lowest BCUT2D eigenvalue weighted by Crippen LogP contribution is -2.33. The van der Waals surface area contributed by atoms with Gasteiger partial charge in [-0.25, -0.2) is 24.0 Å². The Morgan fingerprint density at radius 2 is 0.523 bits per heavy atom. The first kappa shape index (κ1) is 105. The zero-order valence-electron chi connectivity index (χ0n) is 76.1. The van der Waals surface area contributed by atoms with Crippen molar-refractivity contribution in [2.75, 3.05) is 36.0 Å². The zero-order chi connectivity index (χ0) is 106. The first-order chi connectivity index (χ1) is 71.2. The summed E-state index contributed by atoms with van der Waals surface area (Å²) in [5.41, 5.74) is 6.49. The number of halogens is 16. The van der Waals surface area contributed by atoms with E-state index in [1.807, 2.05) is 106 Å². The summed E-state index contributed by atoms with van der Waals surface area (Å²) in [6, 6.07) is 61.0. The summed E-state index contributed by atoms with van der Waals surface area (Å²) in [6.07, 6.45) is 0. The fraction of sp³-hybridized carbons (Fsp3) is 0.120. The maximum Gasteiger partial charge on any atom is 0.341 e. The van der Waals surface area contributed by atoms with Gasteiger partial charge in [-0.2, -0.15) is 0 Å². The third-order valence-corrected chi connectivity index (χ3v) is 37.9. The van der Waals surface area contributed by atoms with Crippen molar-refractivity contribution >= 4 is 292 Å². The average molecular weight is 2950 g/mol. The minimum atomic E-state index is -1.72. The van der Waals surface area contributed by atoms with Crippen LogP contribution < -0.4 is 33.5 Å². The molecule has 15 aromatic rings. The number of hydrogen-bond donors (Lipinski definition) is 8. The SMILES string of the molecule is CCN(CC)c1ccc2c(c1)Oc1cc(N(CC)CC)ccc1C21OC(=O)c2ccccc21.O=C1OC2(c3cc(Br)c(O)c(Br)c3Oc3c2cc(Br)c(O)c3Br)c2c(Cl)c(Cl)c(Cl)c(Cl)c21.O=C1OC2(c3ccccc31)c1cc(Br)c(O)c(Br)c1Oc1c2cc(Br)c(O)c1Br.O=C1OC2(c3ccccc31)c1ccc(O)c(Br)c1Oc1c2ccc(O)c1Br.O=C1OC2(c3ccccc31)c1ccc(O)c(I)c1Oc1c2ccc(O)c1I. The Kier molecular flexibility index (Phi) is 27.6. The summed E-state index contributed by atoms with van der Waals surface area (Å²) in [7, 11) is 0. The van der Waals surface area contributed by atoms with Gasteiger partial charge in [0.15, 0.2) is 74.0 Å². The van der Waals surface area contributed by atoms with Crippen molar-refractivity contribution in [1.82, 2.24) is 0 Å². The lowest BCUT2D eigenvalue weighted by atomic mass is 9.77. The van der Waals surface area contributed by atoms with Gasteiger partial charge in [0.25, 0.3) is 0 Å². The lowest BCUT2D eigenvalue weighted by Gasteiger charge is -2.38. The van der Waals surface area contributed by atoms with Gasteiger partial charge in [-0.1, -0.05) is 119 Å². The molecule has 8 N–H and O–H groups in total. The summed E-state index contributed by atoms with van der Waals surface area (Å²) in [6.45, 7) is 12.2. The summed E-state index contributed by atoms with van der Waals surface area (Å²) >= 11 is 63.2. The van der Waals surface area contributed by atoms with E-state index in [2.05, 4.69) is 233 Å². The number of nitrogens with zero attached hydrogens (tertiary/aromatic N) is 2. The van der Waals surface area contributed by atoms with Crippen molar-refractivity contribution in [2.45, 2.75) is 55.7 Å². The molecular weight excluding hydrogens is 2890 g/mol. The van der Waals surface area contributed by atoms with Crippen LogP contribution in [0.2, 0.25) is 20.1 Å². The molecule has 0 aromatic heterocycles. The molecule has 10 aliphatic rings. The van der Waals surface area contributed by atoms with Crippen molar-refractivity contribution < 1.29 is 112 Å². The van der Waals surface area contributed by atoms with Crippen molar-refractivity contribution in [1.29, 1.82) is 0 Å². The molecule has 0 radical (unpaired) electrons. The van der Waals surface area contributed by atoms with Crippen LogP contribution in [0.4, 0.5) is 11.4 Å². The van der Waals surface area contributed by atoms with E-state index in [9.17, 15) is 64.8 Å². The number of rotatable bonds is 6. The molecule has 0 bridgehead atoms. The molecule has 41 heteroatoms. The highest BCUT2D eigenvalue weighted by atomic mass is 127. The molecule has 0 atom stereocenters. The largest absolute Gasteiger partial charge is 0.507 e. The van der Waals surface area contributed by atoms with Gasteiger partial charge in [-0.05, 0) is 354 Å². The minimum Gasteiger partial charge on any atom is -0.507 e. The van der Waals surface area contributed by atoms with Crippen LogP contribution in [-0.2, 0) is 51.7 Å². The third kappa shape index (κ3) is 15.7. The molecule has 25 rings (SSSR count). The predicted octanol–water partition coefficient (Wildman–Crippen LogP) is 32.1. The molecule has 10 aliphatic heterocycles. The molecule has 0 saturated heterocycles. The highest BCUT2D eigenvalue weighted by Crippen LogP contribution is 2.70. The van der Waals surface area contributed by atoms with Crippen molar-refractivity contribution in [2.24, 2.45) is 0 Å². The van der Waals surface area contributed by atoms with E-state index in [0.29, 0.717) is 140 Å². The maximum atomic E-state index is 13.2. The molecule has 149 heavy (non-hydrogen) atoms. The van der Waals surface area contributed by atoms with Crippen LogP contribution in [0.1, 0.15) is 163 Å². The topological polar surface area (TPSA) is 346 Å². The third-order valence-electron chi connectivity index (χ3n) is 27.1. The van der Waals surface area contributed by atoms with E-state index in [1.165, 1.54) is 24.3 Å². The van der Waals surface area contributed by atoms with Crippen molar-refractivity contribution in [3.05, 3.63) is 389 Å². The van der Waals surface area contributed by atoms with E-state index in [-0.39, 0.29) is 124 Å². The minimum absolute atomic E-state index is 0.0127. The van der Waals surface area contributed by atoms with E-state index < -0.39 is 51.9 Å². The number of phenolic OH excluding ortho intramolecular Hbond substituents is 8. The highest BCUT2D eigenvalue weighted by molar-refractivity contribution is 14.1. The summed E-state index contributed by atoms with van der Waals surface area (Å²) < 4.78 is 65.2. The number of carbonyl (C=O) groups excluding carboxylic acids is 5. The van der Waals surface area contributed by atoms with Crippen LogP contribution in [0, 0.1) is 7.14 Å². The number of fused-ring (bicyclic) bond motifs is 30. The van der Waals surface area contributed by atoms with E-state index in [1.54, 1.807) is 84.9 Å². The molecule has 0 aliphatic carbocycles. The van der Waals surface area contributed by atoms with Crippen LogP contribution in [-0.4, -0.2) is 96.9 Å². The maximum absolute atomic E-state index is 13.2. The molecule has 25 nitrogen and oxygen atoms in total. The number of ether oxygens (including phenoxy) is 10. The predicted molar refractivity (Wildman–Crippen MR) is 606 cm³/mol. The van der Waals surface area contributed by atoms with Crippen molar-refractivity contribution in [3.63, 3.8) is 0 Å². The van der Waals surface area contributed by atoms with Gasteiger partial charge in [0.2, 0.25) is 0 Å². The molecule has 0 amide bonds. The van der Waals surface area contributed by atoms with E-state index in [0.717, 1.165) is 65.7 Å². The molecule has 0 fully saturated rings. The van der Waals surface area contributed by atoms with Gasteiger partial charge in [0.1, 0.15) is 84.3 Å². The Morgan fingerprint density at radius 1 is 0.268 bits per heavy atom. The average Bonchev–Trinajstić information content (AvgIpc) is 1.40. The van der Waals surface area contributed by atoms with E-state index >= 15 is 0 Å². The van der Waals surface area contributed by atoms with Gasteiger partial charge in [0.05, 0.1) is 95.2 Å². The molecular formula is C108H62Br10Cl4I2N2O23. The molecule has 754 valence electrons. The fourth-order valence-electron chi connectivity index (χ4n) is 20.3. The summed E-state index contributed by atoms with van der Waals surface area (Å²) in [5, 5.41) is 82.1. The van der Waals surface area contributed by atoms with Crippen LogP contribution in [0.25, 0.3) is 0 Å². The smallest absolute Gasteiger partial charge is 0.341 e. The molecule has 5 spiro atoms. The standard InChI is InChI=1S/C28H30N2O3.C20H4Br4Cl4O5.C20H8Br4O5.C20H10Br2O5.C20H10I2O5/c1-5-29(6-2)19-13-15-23-25(17-19)32-26-18-20(30(7-3)8-4)14-16-24(26)28(23)22-12-10-9-11-21(22)27(31)33-28;21-5-1-3-17(9(23)15(5)29)32-18-4(2-6(22)16(30)10(18)24)20(3)8-7(19(31)33-20)11(25)13(27)14(28)12(8)26;21-11-5-9-17(13(23)15(11)25)28-18-10(6-12(22)16(26)14(18)24)20(9)8-4-2-1-3-7(8)19(27)29-20;2*21-15-13(23)7-5-11-17(15)26-18-12(6-8-14(24)16(18)22)20(11)10-4-2-1-3-9(10)19(25)27-20/h9-18H,5-8H2,1-4H3;1-2,29-30H;1-6,25-26H;2*1-8,23-24H. The van der Waals surface area contributed by atoms with Gasteiger partial charge in [-0.15, -0.1) is 0 Å². The first-order valence-corrected chi connectivity index (χ1v) is 56.3. The Bertz CT molecular complexity index is 8020. The second kappa shape index (κ2) is 39.3. The number of phenols is 8. The van der Waals surface area contributed by atoms with Crippen LogP contribution in [0.3, 0.4) is 0 Å². The monoisotopic (exact) mass is 2940 g/mol. The fourth-order valence-corrected chi connectivity index (χ4v) is 28.2. The van der Waals surface area contributed by atoms with Gasteiger partial charge in [-0.3, -0.25) is 0 Å². The second-order valence-corrected chi connectivity index (χ2v) is 46.3. The first-order valence-electron chi connectivity index (χ1n) is 44.7. The number of hydrogen-bond acceptors (Lipinski definition) is 25. The van der Waals surface area contributed by atoms with Crippen molar-refractivity contribution in [3.8, 4) is 103 Å². The molecule has 0 unspecified atom stereocenters. The molecule has 10 heterocycles. The van der Waals surface area contributed by atoms with Gasteiger partial charge >= 0.3 is 29.8 Å². The highest BCUT2D eigenvalue weighted by Gasteiger charge is 2.62. The number of carbonyl (C=O) groups is 5. The number of esters is 5. The lowest BCUT2D eigenvalue weighted by molar-refractivity contribution is 0.0212. The Balaban J connectivity index is 0.000000109. The second-order valence-electron chi connectivity index (χ2n) is 34.4. The number of anilines is 2. The molecule has 0 saturated carbocycles. The number of aromatic hydroxyl groups is 8. The Morgan fingerprint density at radius 3 is 0.846 bits per heavy atom. The zero-order valence-corrected chi connectivity index (χ0v) is 99.3. The quantitative estimate of drug-likeness (QED) is 0.0252. The summed E-state index contributed by atoms with van der Waals surface area (Å²) in [4.78, 5) is 69.0. The van der Waals surface area contributed by atoms with Crippen LogP contribution in [0.5, 0.6) is 103 Å². The summed E-state index contributed by atoms with van der Waals surface area (Å²) in [5.74, 6) is 0.960. The van der Waals surface area contributed by atoms with Crippen LogP contribution >= 0.6 is 251 Å². The van der Waals surface area contributed by atoms with Gasteiger partial charge in [0, 0.05) is 111 Å². The Hall–Kier alpha value is -9.93.